The minimum Gasteiger partial charge on any atom is -0.545 e. The molecule has 18 heavy (non-hydrogen) atoms. The molecule has 0 N–H and O–H groups in total. The van der Waals surface area contributed by atoms with Crippen LogP contribution in [0.15, 0.2) is 36.7 Å². The van der Waals surface area contributed by atoms with E-state index < -0.39 is 10.9 Å². The summed E-state index contributed by atoms with van der Waals surface area (Å²) in [6, 6.07) is 6.06. The Bertz CT molecular complexity index is 589. The highest BCUT2D eigenvalue weighted by Gasteiger charge is 2.08. The summed E-state index contributed by atoms with van der Waals surface area (Å²) < 4.78 is 1.41. The van der Waals surface area contributed by atoms with Gasteiger partial charge in [-0.15, -0.1) is 0 Å². The topological polar surface area (TPSA) is 101 Å². The number of carbonyl (C=O) groups excluding carboxylic acids is 1. The van der Waals surface area contributed by atoms with Crippen LogP contribution in [0.25, 0.3) is 0 Å². The number of nitrogens with zero attached hydrogens (tertiary/aromatic N) is 3. The van der Waals surface area contributed by atoms with Gasteiger partial charge in [-0.1, -0.05) is 24.3 Å². The molecule has 1 aromatic carbocycles. The molecule has 0 aliphatic rings. The normalized spacial score (nSPS) is 10.2. The lowest BCUT2D eigenvalue weighted by atomic mass is 10.1. The molecule has 7 heteroatoms. The quantitative estimate of drug-likeness (QED) is 0.566. The van der Waals surface area contributed by atoms with E-state index in [2.05, 4.69) is 5.10 Å². The zero-order valence-corrected chi connectivity index (χ0v) is 9.15. The van der Waals surface area contributed by atoms with Crippen molar-refractivity contribution in [2.45, 2.75) is 6.54 Å². The van der Waals surface area contributed by atoms with E-state index in [1.165, 1.54) is 23.0 Å². The zero-order valence-electron chi connectivity index (χ0n) is 9.15. The molecule has 2 aromatic rings. The molecule has 0 aliphatic carbocycles. The Labute approximate surface area is 101 Å². The molecule has 1 aromatic heterocycles. The number of carboxylic acids is 1. The Kier molecular flexibility index (Phi) is 3.05. The van der Waals surface area contributed by atoms with Crippen LogP contribution in [-0.2, 0) is 6.54 Å². The summed E-state index contributed by atoms with van der Waals surface area (Å²) in [5.74, 6) is -1.24. The van der Waals surface area contributed by atoms with Crippen LogP contribution in [0.5, 0.6) is 0 Å². The maximum Gasteiger partial charge on any atom is 0.307 e. The van der Waals surface area contributed by atoms with Crippen molar-refractivity contribution in [1.29, 1.82) is 0 Å². The summed E-state index contributed by atoms with van der Waals surface area (Å²) in [7, 11) is 0. The van der Waals surface area contributed by atoms with E-state index in [4.69, 9.17) is 0 Å². The van der Waals surface area contributed by atoms with Crippen LogP contribution >= 0.6 is 0 Å². The largest absolute Gasteiger partial charge is 0.545 e. The summed E-state index contributed by atoms with van der Waals surface area (Å²) in [5.41, 5.74) is 0.796. The molecule has 2 rings (SSSR count). The smallest absolute Gasteiger partial charge is 0.307 e. The first-order valence-electron chi connectivity index (χ1n) is 5.03. The predicted molar refractivity (Wildman–Crippen MR) is 58.8 cm³/mol. The van der Waals surface area contributed by atoms with E-state index in [0.29, 0.717) is 6.54 Å². The Balaban J connectivity index is 2.13. The lowest BCUT2D eigenvalue weighted by molar-refractivity contribution is -0.385. The Morgan fingerprint density at radius 1 is 1.33 bits per heavy atom. The maximum absolute atomic E-state index is 10.5. The predicted octanol–water partition coefficient (Wildman–Crippen LogP) is 0.203. The fourth-order valence-corrected chi connectivity index (χ4v) is 1.47. The highest BCUT2D eigenvalue weighted by Crippen LogP contribution is 2.10. The third kappa shape index (κ3) is 2.51. The third-order valence-corrected chi connectivity index (χ3v) is 2.36. The van der Waals surface area contributed by atoms with E-state index in [0.717, 1.165) is 11.8 Å². The minimum atomic E-state index is -1.24. The van der Waals surface area contributed by atoms with Crippen LogP contribution < -0.4 is 5.11 Å². The van der Waals surface area contributed by atoms with Crippen LogP contribution in [0.2, 0.25) is 0 Å². The zero-order chi connectivity index (χ0) is 13.1. The number of aromatic carboxylic acids is 1. The second kappa shape index (κ2) is 4.66. The van der Waals surface area contributed by atoms with Gasteiger partial charge in [-0.3, -0.25) is 14.8 Å². The van der Waals surface area contributed by atoms with Gasteiger partial charge in [0.25, 0.3) is 0 Å². The van der Waals surface area contributed by atoms with Crippen molar-refractivity contribution in [2.24, 2.45) is 0 Å². The van der Waals surface area contributed by atoms with Crippen LogP contribution in [-0.4, -0.2) is 20.7 Å². The second-order valence-electron chi connectivity index (χ2n) is 3.64. The van der Waals surface area contributed by atoms with Gasteiger partial charge in [-0.05, 0) is 11.1 Å². The van der Waals surface area contributed by atoms with Gasteiger partial charge in [0.05, 0.1) is 17.4 Å². The van der Waals surface area contributed by atoms with Gasteiger partial charge in [0.2, 0.25) is 0 Å². The van der Waals surface area contributed by atoms with Gasteiger partial charge in [0.1, 0.15) is 12.4 Å². The third-order valence-electron chi connectivity index (χ3n) is 2.36. The van der Waals surface area contributed by atoms with Gasteiger partial charge in [-0.25, -0.2) is 0 Å². The molecule has 0 saturated heterocycles. The molecule has 0 bridgehead atoms. The summed E-state index contributed by atoms with van der Waals surface area (Å²) in [5, 5.41) is 24.8. The Hall–Kier alpha value is -2.70. The minimum absolute atomic E-state index is 0.0821. The molecule has 0 radical (unpaired) electrons. The van der Waals surface area contributed by atoms with Crippen molar-refractivity contribution in [1.82, 2.24) is 9.78 Å². The number of carboxylic acid groups (broad SMARTS) is 1. The van der Waals surface area contributed by atoms with Crippen LogP contribution in [0.4, 0.5) is 5.69 Å². The molecular weight excluding hydrogens is 238 g/mol. The molecule has 7 nitrogen and oxygen atoms in total. The lowest BCUT2D eigenvalue weighted by Crippen LogP contribution is -2.22. The fraction of sp³-hybridized carbons (Fsp3) is 0.0909. The number of nitro groups is 1. The highest BCUT2D eigenvalue weighted by atomic mass is 16.6. The van der Waals surface area contributed by atoms with Gasteiger partial charge in [0.15, 0.2) is 0 Å². The van der Waals surface area contributed by atoms with E-state index in [-0.39, 0.29) is 11.3 Å². The van der Waals surface area contributed by atoms with E-state index in [1.54, 1.807) is 12.1 Å². The molecular formula is C11H8N3O4-. The Morgan fingerprint density at radius 2 is 2.00 bits per heavy atom. The van der Waals surface area contributed by atoms with E-state index in [1.807, 2.05) is 0 Å². The van der Waals surface area contributed by atoms with Crippen LogP contribution in [0.3, 0.4) is 0 Å². The molecule has 0 spiro atoms. The molecule has 0 fully saturated rings. The fourth-order valence-electron chi connectivity index (χ4n) is 1.47. The summed E-state index contributed by atoms with van der Waals surface area (Å²) in [4.78, 5) is 20.5. The number of hydrogen-bond acceptors (Lipinski definition) is 5. The van der Waals surface area contributed by atoms with E-state index in [9.17, 15) is 20.0 Å². The molecule has 0 amide bonds. The van der Waals surface area contributed by atoms with E-state index >= 15 is 0 Å². The number of rotatable bonds is 4. The van der Waals surface area contributed by atoms with Crippen molar-refractivity contribution >= 4 is 11.7 Å². The lowest BCUT2D eigenvalue weighted by Gasteiger charge is -2.04. The number of aromatic nitrogens is 2. The summed E-state index contributed by atoms with van der Waals surface area (Å²) >= 11 is 0. The second-order valence-corrected chi connectivity index (χ2v) is 3.64. The molecule has 0 atom stereocenters. The SMILES string of the molecule is O=C([O-])c1ccc(Cn2cc([N+](=O)[O-])cn2)cc1. The number of benzene rings is 1. The van der Waals surface area contributed by atoms with Gasteiger partial charge < -0.3 is 9.90 Å². The standard InChI is InChI=1S/C11H9N3O4/c15-11(16)9-3-1-8(2-4-9)6-13-7-10(5-12-13)14(17)18/h1-5,7H,6H2,(H,15,16)/p-1. The van der Waals surface area contributed by atoms with Crippen molar-refractivity contribution in [3.8, 4) is 0 Å². The monoisotopic (exact) mass is 246 g/mol. The molecule has 1 heterocycles. The van der Waals surface area contributed by atoms with Gasteiger partial charge in [-0.2, -0.15) is 5.10 Å². The van der Waals surface area contributed by atoms with Crippen molar-refractivity contribution in [2.75, 3.05) is 0 Å². The first-order valence-corrected chi connectivity index (χ1v) is 5.03. The van der Waals surface area contributed by atoms with Crippen LogP contribution in [0, 0.1) is 10.1 Å². The average molecular weight is 246 g/mol. The first kappa shape index (κ1) is 11.8. The van der Waals surface area contributed by atoms with Crippen molar-refractivity contribution in [3.63, 3.8) is 0 Å². The van der Waals surface area contributed by atoms with Gasteiger partial charge >= 0.3 is 5.69 Å². The molecule has 0 saturated carbocycles. The average Bonchev–Trinajstić information content (AvgIpc) is 2.78. The Morgan fingerprint density at radius 3 is 2.50 bits per heavy atom. The molecule has 0 unspecified atom stereocenters. The number of carbonyl (C=O) groups is 1. The molecule has 0 aliphatic heterocycles. The van der Waals surface area contributed by atoms with Crippen molar-refractivity contribution < 1.29 is 14.8 Å². The van der Waals surface area contributed by atoms with Crippen LogP contribution in [0.1, 0.15) is 15.9 Å². The van der Waals surface area contributed by atoms with Gasteiger partial charge in [0, 0.05) is 0 Å². The molecule has 92 valence electrons. The highest BCUT2D eigenvalue weighted by molar-refractivity contribution is 5.85. The number of hydrogen-bond donors (Lipinski definition) is 0. The van der Waals surface area contributed by atoms with Crippen molar-refractivity contribution in [3.05, 3.63) is 57.9 Å². The maximum atomic E-state index is 10.5. The summed E-state index contributed by atoms with van der Waals surface area (Å²) in [6.07, 6.45) is 2.47. The summed E-state index contributed by atoms with van der Waals surface area (Å²) in [6.45, 7) is 0.334. The first-order chi connectivity index (χ1) is 8.56.